The van der Waals surface area contributed by atoms with Crippen molar-refractivity contribution in [1.82, 2.24) is 4.31 Å². The highest BCUT2D eigenvalue weighted by molar-refractivity contribution is 7.90. The maximum absolute atomic E-state index is 14.4. The lowest BCUT2D eigenvalue weighted by molar-refractivity contribution is -0.890. The number of hydrogen-bond acceptors (Lipinski definition) is 4. The Balaban J connectivity index is 6.70. The van der Waals surface area contributed by atoms with E-state index >= 15 is 0 Å². The molecule has 49 heavy (non-hydrogen) atoms. The van der Waals surface area contributed by atoms with Crippen LogP contribution in [0.5, 0.6) is 0 Å². The minimum absolute atomic E-state index is 0.167. The first-order valence-corrected chi connectivity index (χ1v) is 15.1. The molecule has 296 valence electrons. The smallest absolute Gasteiger partial charge is 0.328 e. The van der Waals surface area contributed by atoms with Crippen molar-refractivity contribution in [2.75, 3.05) is 46.5 Å². The van der Waals surface area contributed by atoms with Crippen LogP contribution in [0.25, 0.3) is 0 Å². The molecule has 0 spiro atoms. The Morgan fingerprint density at radius 2 is 0.796 bits per heavy atom. The van der Waals surface area contributed by atoms with Crippen molar-refractivity contribution in [2.45, 2.75) is 71.7 Å². The van der Waals surface area contributed by atoms with E-state index in [0.717, 1.165) is 0 Å². The summed E-state index contributed by atoms with van der Waals surface area (Å²) in [5.41, 5.74) is 0. The van der Waals surface area contributed by atoms with Crippen molar-refractivity contribution in [3.05, 3.63) is 0 Å². The van der Waals surface area contributed by atoms with Crippen molar-refractivity contribution >= 4 is 20.1 Å². The van der Waals surface area contributed by atoms with Crippen LogP contribution < -0.4 is 0 Å². The summed E-state index contributed by atoms with van der Waals surface area (Å²) in [5, 5.41) is -7.84. The number of rotatable bonds is 18. The van der Waals surface area contributed by atoms with Crippen molar-refractivity contribution < 1.29 is 118 Å². The topological polar surface area (TPSA) is 91.8 Å². The van der Waals surface area contributed by atoms with Gasteiger partial charge in [-0.1, -0.05) is 0 Å². The van der Waals surface area contributed by atoms with Crippen LogP contribution in [0.4, 0.5) is 92.2 Å². The SMILES string of the molecule is CN(CCC[N+](C)(C)CCCS(=O)(=O)O)S(=O)(=O)C(F)(F)C(F)(F)C(F)(F)C(F)(F)C(F)(F)C(F)(F)C(F)(F)C(F)(F)C(F)(F)C(F)(F)F. The predicted molar refractivity (Wildman–Crippen MR) is 120 cm³/mol. The molecule has 30 heteroatoms. The molecule has 0 unspecified atom stereocenters. The van der Waals surface area contributed by atoms with E-state index in [2.05, 4.69) is 0 Å². The monoisotopic (exact) mass is 821 g/mol. The molecule has 0 amide bonds. The minimum atomic E-state index is -9.40. The maximum Gasteiger partial charge on any atom is 0.460 e. The number of hydrogen-bond donors (Lipinski definition) is 1. The highest BCUT2D eigenvalue weighted by Gasteiger charge is 2.98. The van der Waals surface area contributed by atoms with Crippen molar-refractivity contribution in [3.8, 4) is 0 Å². The van der Waals surface area contributed by atoms with Gasteiger partial charge in [-0.25, -0.2) is 8.42 Å². The van der Waals surface area contributed by atoms with E-state index in [1.807, 2.05) is 0 Å². The van der Waals surface area contributed by atoms with Crippen LogP contribution in [0.3, 0.4) is 0 Å². The highest BCUT2D eigenvalue weighted by atomic mass is 32.2. The van der Waals surface area contributed by atoms with E-state index < -0.39 is 109 Å². The van der Waals surface area contributed by atoms with E-state index in [1.54, 1.807) is 0 Å². The van der Waals surface area contributed by atoms with Gasteiger partial charge in [-0.3, -0.25) is 4.55 Å². The number of sulfonamides is 1. The van der Waals surface area contributed by atoms with Crippen LogP contribution >= 0.6 is 0 Å². The molecule has 0 fully saturated rings. The van der Waals surface area contributed by atoms with Gasteiger partial charge in [0.15, 0.2) is 0 Å². The van der Waals surface area contributed by atoms with Crippen LogP contribution in [0.1, 0.15) is 12.8 Å². The van der Waals surface area contributed by atoms with Crippen LogP contribution in [0.15, 0.2) is 0 Å². The second kappa shape index (κ2) is 13.1. The fraction of sp³-hybridized carbons (Fsp3) is 1.00. The summed E-state index contributed by atoms with van der Waals surface area (Å²) in [4.78, 5) is 0. The van der Waals surface area contributed by atoms with Crippen molar-refractivity contribution in [2.24, 2.45) is 0 Å². The lowest BCUT2D eigenvalue weighted by Gasteiger charge is -2.44. The van der Waals surface area contributed by atoms with Gasteiger partial charge in [-0.2, -0.15) is 105 Å². The minimum Gasteiger partial charge on any atom is -0.328 e. The Bertz CT molecular complexity index is 1400. The third-order valence-corrected chi connectivity index (χ3v) is 9.33. The second-order valence-corrected chi connectivity index (χ2v) is 14.5. The van der Waals surface area contributed by atoms with E-state index in [1.165, 1.54) is 14.1 Å². The van der Waals surface area contributed by atoms with E-state index in [-0.39, 0.29) is 24.5 Å². The Hall–Kier alpha value is -1.69. The molecule has 0 aromatic heterocycles. The molecule has 0 atom stereocenters. The van der Waals surface area contributed by atoms with Gasteiger partial charge >= 0.3 is 58.8 Å². The molecule has 0 aromatic rings. The van der Waals surface area contributed by atoms with E-state index in [4.69, 9.17) is 4.55 Å². The number of alkyl halides is 21. The molecule has 1 N–H and O–H groups in total. The number of nitrogens with zero attached hydrogens (tertiary/aromatic N) is 2. The third-order valence-electron chi connectivity index (χ3n) is 6.62. The molecule has 0 saturated heterocycles. The molecule has 0 saturated carbocycles. The van der Waals surface area contributed by atoms with E-state index in [9.17, 15) is 109 Å². The molecule has 0 radical (unpaired) electrons. The largest absolute Gasteiger partial charge is 0.460 e. The van der Waals surface area contributed by atoms with Crippen LogP contribution in [0, 0.1) is 0 Å². The quantitative estimate of drug-likeness (QED) is 0.101. The van der Waals surface area contributed by atoms with Gasteiger partial charge in [0.2, 0.25) is 0 Å². The molecule has 0 aromatic carbocycles. The molecular weight excluding hydrogens is 799 g/mol. The summed E-state index contributed by atoms with van der Waals surface area (Å²) in [6, 6.07) is 0. The van der Waals surface area contributed by atoms with Gasteiger partial charge in [0.25, 0.3) is 20.1 Å². The summed E-state index contributed by atoms with van der Waals surface area (Å²) < 4.78 is 337. The normalized spacial score (nSPS) is 16.4. The molecule has 0 rings (SSSR count). The van der Waals surface area contributed by atoms with Crippen LogP contribution in [-0.4, -0.2) is 136 Å². The fourth-order valence-electron chi connectivity index (χ4n) is 3.53. The van der Waals surface area contributed by atoms with Gasteiger partial charge in [0.1, 0.15) is 0 Å². The molecular formula is C19H22F21N2O5S2+. The van der Waals surface area contributed by atoms with Gasteiger partial charge in [-0.15, -0.1) is 0 Å². The average Bonchev–Trinajstić information content (AvgIpc) is 2.85. The molecule has 0 heterocycles. The lowest BCUT2D eigenvalue weighted by atomic mass is 9.87. The Morgan fingerprint density at radius 1 is 0.510 bits per heavy atom. The molecule has 0 bridgehead atoms. The second-order valence-electron chi connectivity index (χ2n) is 10.8. The summed E-state index contributed by atoms with van der Waals surface area (Å²) in [6.07, 6.45) is -9.21. The van der Waals surface area contributed by atoms with E-state index in [0.29, 0.717) is 0 Å². The standard InChI is InChI=1S/C19H21F21N2O5S2/c1-41(6-4-7-42(2,3)8-5-9-48(43,44)45)49(46,47)19(39,40)17(34,35)15(30,31)13(26,27)11(22,23)10(20,21)12(24,25)14(28,29)16(32,33)18(36,37)38/h4-9H2,1-3H3/p+1. The average molecular weight is 821 g/mol. The zero-order valence-electron chi connectivity index (χ0n) is 24.0. The highest BCUT2D eigenvalue weighted by Crippen LogP contribution is 2.66. The number of halogens is 21. The summed E-state index contributed by atoms with van der Waals surface area (Å²) in [7, 11) is -9.78. The molecule has 0 aliphatic rings. The number of quaternary nitrogens is 1. The van der Waals surface area contributed by atoms with Crippen LogP contribution in [-0.2, 0) is 20.1 Å². The molecule has 7 nitrogen and oxygen atoms in total. The summed E-state index contributed by atoms with van der Waals surface area (Å²) in [5.74, 6) is -73.4. The first-order valence-electron chi connectivity index (χ1n) is 12.0. The maximum atomic E-state index is 14.4. The zero-order chi connectivity index (χ0) is 40.3. The fourth-order valence-corrected chi connectivity index (χ4v) is 5.24. The first-order chi connectivity index (χ1) is 20.8. The van der Waals surface area contributed by atoms with Gasteiger partial charge in [0, 0.05) is 26.4 Å². The summed E-state index contributed by atoms with van der Waals surface area (Å²) >= 11 is 0. The third kappa shape index (κ3) is 7.61. The van der Waals surface area contributed by atoms with Gasteiger partial charge < -0.3 is 4.48 Å². The first kappa shape index (κ1) is 47.3. The van der Waals surface area contributed by atoms with Crippen LogP contribution in [0.2, 0.25) is 0 Å². The van der Waals surface area contributed by atoms with Gasteiger partial charge in [0.05, 0.1) is 32.9 Å². The molecule has 0 aliphatic carbocycles. The Kier molecular flexibility index (Phi) is 12.6. The lowest BCUT2D eigenvalue weighted by Crippen LogP contribution is -2.77. The Morgan fingerprint density at radius 3 is 1.10 bits per heavy atom. The summed E-state index contributed by atoms with van der Waals surface area (Å²) in [6.45, 7) is -2.14. The predicted octanol–water partition coefficient (Wildman–Crippen LogP) is 6.23. The van der Waals surface area contributed by atoms with Crippen molar-refractivity contribution in [1.29, 1.82) is 0 Å². The Labute approximate surface area is 261 Å². The van der Waals surface area contributed by atoms with Crippen molar-refractivity contribution in [3.63, 3.8) is 0 Å². The van der Waals surface area contributed by atoms with Gasteiger partial charge in [-0.05, 0) is 0 Å². The molecule has 0 aliphatic heterocycles. The zero-order valence-corrected chi connectivity index (χ0v) is 25.6.